The average molecular weight is 271 g/mol. The van der Waals surface area contributed by atoms with Crippen molar-refractivity contribution in [2.75, 3.05) is 6.54 Å². The lowest BCUT2D eigenvalue weighted by atomic mass is 10.0. The predicted molar refractivity (Wildman–Crippen MR) is 78.8 cm³/mol. The van der Waals surface area contributed by atoms with Gasteiger partial charge in [-0.05, 0) is 30.7 Å². The van der Waals surface area contributed by atoms with Crippen LogP contribution in [0.2, 0.25) is 0 Å². The Morgan fingerprint density at radius 1 is 1.40 bits per heavy atom. The molecule has 2 heterocycles. The van der Waals surface area contributed by atoms with Crippen molar-refractivity contribution >= 4 is 0 Å². The molecule has 0 fully saturated rings. The molecule has 2 unspecified atom stereocenters. The summed E-state index contributed by atoms with van der Waals surface area (Å²) < 4.78 is 8.07. The summed E-state index contributed by atoms with van der Waals surface area (Å²) in [6, 6.07) is 10.5. The molecule has 2 atom stereocenters. The summed E-state index contributed by atoms with van der Waals surface area (Å²) >= 11 is 0. The first-order valence-electron chi connectivity index (χ1n) is 7.25. The van der Waals surface area contributed by atoms with Gasteiger partial charge in [-0.15, -0.1) is 0 Å². The molecule has 1 aliphatic rings. The highest BCUT2D eigenvalue weighted by molar-refractivity contribution is 5.38. The van der Waals surface area contributed by atoms with E-state index in [1.807, 2.05) is 24.0 Å². The molecule has 1 N–H and O–H groups in total. The average Bonchev–Trinajstić information content (AvgIpc) is 3.06. The molecule has 0 aliphatic carbocycles. The highest BCUT2D eigenvalue weighted by Gasteiger charge is 2.32. The molecular weight excluding hydrogens is 250 g/mol. The smallest absolute Gasteiger partial charge is 0.124 e. The fourth-order valence-corrected chi connectivity index (χ4v) is 2.81. The van der Waals surface area contributed by atoms with Gasteiger partial charge in [0.25, 0.3) is 0 Å². The minimum Gasteiger partial charge on any atom is -0.488 e. The number of hydrogen-bond acceptors (Lipinski definition) is 3. The maximum Gasteiger partial charge on any atom is 0.124 e. The third kappa shape index (κ3) is 2.43. The normalized spacial score (nSPS) is 18.6. The lowest BCUT2D eigenvalue weighted by molar-refractivity contribution is 0.174. The third-order valence-corrected chi connectivity index (χ3v) is 3.84. The summed E-state index contributed by atoms with van der Waals surface area (Å²) in [5, 5.41) is 7.89. The maximum absolute atomic E-state index is 6.14. The summed E-state index contributed by atoms with van der Waals surface area (Å²) in [5.74, 6) is 1.02. The number of nitrogens with zero attached hydrogens (tertiary/aromatic N) is 2. The molecule has 2 aromatic rings. The molecular formula is C16H21N3O. The molecule has 4 nitrogen and oxygen atoms in total. The van der Waals surface area contributed by atoms with E-state index in [2.05, 4.69) is 41.6 Å². The van der Waals surface area contributed by atoms with Crippen molar-refractivity contribution in [1.29, 1.82) is 0 Å². The predicted octanol–water partition coefficient (Wildman–Crippen LogP) is 2.46. The molecule has 4 heteroatoms. The number of para-hydroxylation sites is 1. The highest BCUT2D eigenvalue weighted by Crippen LogP contribution is 2.33. The Bertz CT molecular complexity index is 554. The van der Waals surface area contributed by atoms with Crippen LogP contribution in [0.4, 0.5) is 0 Å². The van der Waals surface area contributed by atoms with Crippen molar-refractivity contribution in [2.45, 2.75) is 31.9 Å². The number of nitrogens with one attached hydrogen (secondary N) is 1. The molecule has 0 bridgehead atoms. The van der Waals surface area contributed by atoms with Gasteiger partial charge in [0.15, 0.2) is 0 Å². The van der Waals surface area contributed by atoms with Gasteiger partial charge in [-0.25, -0.2) is 0 Å². The Morgan fingerprint density at radius 2 is 2.25 bits per heavy atom. The molecule has 3 rings (SSSR count). The second kappa shape index (κ2) is 5.67. The van der Waals surface area contributed by atoms with Gasteiger partial charge in [0.1, 0.15) is 11.9 Å². The molecule has 1 aromatic carbocycles. The van der Waals surface area contributed by atoms with E-state index in [0.717, 1.165) is 25.1 Å². The number of hydrogen-bond donors (Lipinski definition) is 1. The topological polar surface area (TPSA) is 39.1 Å². The van der Waals surface area contributed by atoms with Crippen LogP contribution in [0.3, 0.4) is 0 Å². The zero-order valence-corrected chi connectivity index (χ0v) is 12.0. The second-order valence-electron chi connectivity index (χ2n) is 5.28. The Morgan fingerprint density at radius 3 is 2.95 bits per heavy atom. The third-order valence-electron chi connectivity index (χ3n) is 3.84. The lowest BCUT2D eigenvalue weighted by Crippen LogP contribution is -2.36. The number of fused-ring (bicyclic) bond motifs is 1. The Labute approximate surface area is 119 Å². The van der Waals surface area contributed by atoms with Gasteiger partial charge in [-0.1, -0.05) is 25.1 Å². The van der Waals surface area contributed by atoms with Crippen molar-refractivity contribution in [3.05, 3.63) is 47.8 Å². The first-order chi connectivity index (χ1) is 9.79. The molecule has 0 spiro atoms. The molecule has 0 amide bonds. The summed E-state index contributed by atoms with van der Waals surface area (Å²) in [4.78, 5) is 0. The van der Waals surface area contributed by atoms with Crippen LogP contribution in [-0.4, -0.2) is 22.4 Å². The minimum absolute atomic E-state index is 0.134. The minimum atomic E-state index is 0.134. The molecule has 1 aromatic heterocycles. The van der Waals surface area contributed by atoms with Crippen LogP contribution in [0.25, 0.3) is 0 Å². The van der Waals surface area contributed by atoms with Crippen LogP contribution >= 0.6 is 0 Å². The number of aromatic nitrogens is 2. The van der Waals surface area contributed by atoms with Gasteiger partial charge in [-0.3, -0.25) is 4.68 Å². The lowest BCUT2D eigenvalue weighted by Gasteiger charge is -2.24. The van der Waals surface area contributed by atoms with Crippen molar-refractivity contribution in [1.82, 2.24) is 15.1 Å². The summed E-state index contributed by atoms with van der Waals surface area (Å²) in [6.07, 6.45) is 4.03. The van der Waals surface area contributed by atoms with Gasteiger partial charge in [0.05, 0.1) is 11.7 Å². The summed E-state index contributed by atoms with van der Waals surface area (Å²) in [5.41, 5.74) is 2.47. The van der Waals surface area contributed by atoms with Gasteiger partial charge >= 0.3 is 0 Å². The quantitative estimate of drug-likeness (QED) is 0.908. The molecule has 1 aliphatic heterocycles. The fourth-order valence-electron chi connectivity index (χ4n) is 2.81. The van der Waals surface area contributed by atoms with Crippen LogP contribution < -0.4 is 10.1 Å². The maximum atomic E-state index is 6.14. The van der Waals surface area contributed by atoms with Gasteiger partial charge in [-0.2, -0.15) is 5.10 Å². The zero-order valence-electron chi connectivity index (χ0n) is 12.0. The molecule has 106 valence electrons. The monoisotopic (exact) mass is 271 g/mol. The van der Waals surface area contributed by atoms with E-state index < -0.39 is 0 Å². The summed E-state index contributed by atoms with van der Waals surface area (Å²) in [7, 11) is 1.98. The highest BCUT2D eigenvalue weighted by atomic mass is 16.5. The second-order valence-corrected chi connectivity index (χ2v) is 5.28. The van der Waals surface area contributed by atoms with Crippen molar-refractivity contribution in [3.8, 4) is 5.75 Å². The standard InChI is InChI=1S/C16H21N3O/c1-3-9-17-16(13-8-10-18-19(13)2)15-11-12-6-4-5-7-14(12)20-15/h4-8,10,15-17H,3,9,11H2,1-2H3. The van der Waals surface area contributed by atoms with E-state index >= 15 is 0 Å². The number of rotatable bonds is 5. The van der Waals surface area contributed by atoms with E-state index in [9.17, 15) is 0 Å². The van der Waals surface area contributed by atoms with E-state index in [0.29, 0.717) is 0 Å². The van der Waals surface area contributed by atoms with Crippen molar-refractivity contribution < 1.29 is 4.74 Å². The van der Waals surface area contributed by atoms with Crippen LogP contribution in [0.15, 0.2) is 36.5 Å². The van der Waals surface area contributed by atoms with E-state index in [-0.39, 0.29) is 12.1 Å². The number of ether oxygens (including phenoxy) is 1. The first kappa shape index (κ1) is 13.2. The molecule has 0 saturated carbocycles. The van der Waals surface area contributed by atoms with Crippen LogP contribution in [0.5, 0.6) is 5.75 Å². The summed E-state index contributed by atoms with van der Waals surface area (Å²) in [6.45, 7) is 3.16. The molecule has 0 saturated heterocycles. The fraction of sp³-hybridized carbons (Fsp3) is 0.438. The Kier molecular flexibility index (Phi) is 3.74. The van der Waals surface area contributed by atoms with Crippen LogP contribution in [0.1, 0.15) is 30.6 Å². The van der Waals surface area contributed by atoms with Gasteiger partial charge in [0.2, 0.25) is 0 Å². The van der Waals surface area contributed by atoms with Crippen molar-refractivity contribution in [3.63, 3.8) is 0 Å². The van der Waals surface area contributed by atoms with E-state index in [4.69, 9.17) is 4.74 Å². The van der Waals surface area contributed by atoms with Gasteiger partial charge in [0, 0.05) is 19.7 Å². The van der Waals surface area contributed by atoms with Crippen molar-refractivity contribution in [2.24, 2.45) is 7.05 Å². The van der Waals surface area contributed by atoms with Crippen LogP contribution in [-0.2, 0) is 13.5 Å². The van der Waals surface area contributed by atoms with E-state index in [1.165, 1.54) is 11.3 Å². The largest absolute Gasteiger partial charge is 0.488 e. The van der Waals surface area contributed by atoms with Gasteiger partial charge < -0.3 is 10.1 Å². The first-order valence-corrected chi connectivity index (χ1v) is 7.25. The Balaban J connectivity index is 1.83. The molecule has 0 radical (unpaired) electrons. The number of aryl methyl sites for hydroxylation is 1. The van der Waals surface area contributed by atoms with Crippen LogP contribution in [0, 0.1) is 0 Å². The Hall–Kier alpha value is -1.81. The molecule has 20 heavy (non-hydrogen) atoms. The number of benzene rings is 1. The SMILES string of the molecule is CCCNC(c1ccnn1C)C1Cc2ccccc2O1. The van der Waals surface area contributed by atoms with E-state index in [1.54, 1.807) is 0 Å². The zero-order chi connectivity index (χ0) is 13.9.